The molecular formula is C27H56O5. The largest absolute Gasteiger partial charge is 0.463 e. The highest BCUT2D eigenvalue weighted by molar-refractivity contribution is 5.69. The van der Waals surface area contributed by atoms with Crippen LogP contribution in [0.5, 0.6) is 0 Å². The molecule has 32 heavy (non-hydrogen) atoms. The molecule has 5 heteroatoms. The zero-order chi connectivity index (χ0) is 24.1. The van der Waals surface area contributed by atoms with Crippen molar-refractivity contribution in [1.29, 1.82) is 0 Å². The van der Waals surface area contributed by atoms with Gasteiger partial charge in [-0.1, -0.05) is 123 Å². The van der Waals surface area contributed by atoms with Crippen molar-refractivity contribution in [3.05, 3.63) is 0 Å². The van der Waals surface area contributed by atoms with Crippen LogP contribution in [0, 0.1) is 0 Å². The van der Waals surface area contributed by atoms with Gasteiger partial charge in [-0.25, -0.2) is 0 Å². The van der Waals surface area contributed by atoms with E-state index in [0.29, 0.717) is 13.0 Å². The second-order valence-electron chi connectivity index (χ2n) is 9.00. The van der Waals surface area contributed by atoms with Gasteiger partial charge in [0.15, 0.2) is 0 Å². The topological polar surface area (TPSA) is 87.0 Å². The van der Waals surface area contributed by atoms with Crippen LogP contribution < -0.4 is 0 Å². The van der Waals surface area contributed by atoms with E-state index in [9.17, 15) is 4.79 Å². The Bertz CT molecular complexity index is 339. The van der Waals surface area contributed by atoms with E-state index < -0.39 is 6.10 Å². The maximum Gasteiger partial charge on any atom is 0.305 e. The fourth-order valence-electron chi connectivity index (χ4n) is 3.49. The predicted octanol–water partition coefficient (Wildman–Crippen LogP) is 6.70. The van der Waals surface area contributed by atoms with E-state index in [0.717, 1.165) is 19.3 Å². The van der Waals surface area contributed by atoms with Crippen LogP contribution in [0.1, 0.15) is 142 Å². The van der Waals surface area contributed by atoms with E-state index in [-0.39, 0.29) is 19.2 Å². The van der Waals surface area contributed by atoms with Gasteiger partial charge in [-0.05, 0) is 12.8 Å². The number of hydrogen-bond donors (Lipinski definition) is 3. The summed E-state index contributed by atoms with van der Waals surface area (Å²) in [6.45, 7) is 4.38. The minimum Gasteiger partial charge on any atom is -0.463 e. The summed E-state index contributed by atoms with van der Waals surface area (Å²) in [5.41, 5.74) is 0. The summed E-state index contributed by atoms with van der Waals surface area (Å²) in [5, 5.41) is 26.1. The van der Waals surface area contributed by atoms with Gasteiger partial charge in [-0.15, -0.1) is 0 Å². The molecule has 0 aromatic carbocycles. The number of carbonyl (C=O) groups is 1. The molecule has 0 rings (SSSR count). The Labute approximate surface area is 199 Å². The molecule has 0 bridgehead atoms. The highest BCUT2D eigenvalue weighted by Gasteiger charge is 2.07. The van der Waals surface area contributed by atoms with Gasteiger partial charge < -0.3 is 20.1 Å². The molecule has 0 amide bonds. The Morgan fingerprint density at radius 3 is 1.38 bits per heavy atom. The Hall–Kier alpha value is -0.650. The smallest absolute Gasteiger partial charge is 0.305 e. The first-order valence-corrected chi connectivity index (χ1v) is 13.7. The van der Waals surface area contributed by atoms with Gasteiger partial charge >= 0.3 is 5.97 Å². The monoisotopic (exact) mass is 460 g/mol. The summed E-state index contributed by atoms with van der Waals surface area (Å²) in [7, 11) is 0. The highest BCUT2D eigenvalue weighted by atomic mass is 16.5. The third kappa shape index (κ3) is 31.5. The van der Waals surface area contributed by atoms with Gasteiger partial charge in [0.25, 0.3) is 0 Å². The molecule has 0 spiro atoms. The van der Waals surface area contributed by atoms with Crippen molar-refractivity contribution in [1.82, 2.24) is 0 Å². The molecule has 0 fully saturated rings. The SMILES string of the molecule is CCCCCCCCCCCC(=O)OCC(O)CO.CCCCCCCCCCCCO. The molecule has 0 aromatic heterocycles. The lowest BCUT2D eigenvalue weighted by Gasteiger charge is -2.08. The molecule has 3 N–H and O–H groups in total. The lowest BCUT2D eigenvalue weighted by Crippen LogP contribution is -2.21. The number of carbonyl (C=O) groups excluding carboxylic acids is 1. The van der Waals surface area contributed by atoms with Crippen molar-refractivity contribution in [2.75, 3.05) is 19.8 Å². The Morgan fingerprint density at radius 1 is 0.625 bits per heavy atom. The molecule has 1 unspecified atom stereocenters. The summed E-state index contributed by atoms with van der Waals surface area (Å²) >= 11 is 0. The van der Waals surface area contributed by atoms with Crippen molar-refractivity contribution < 1.29 is 24.9 Å². The first kappa shape index (κ1) is 33.5. The van der Waals surface area contributed by atoms with Crippen molar-refractivity contribution in [3.63, 3.8) is 0 Å². The summed E-state index contributed by atoms with van der Waals surface area (Å²) < 4.78 is 4.82. The molecule has 0 saturated heterocycles. The van der Waals surface area contributed by atoms with E-state index in [4.69, 9.17) is 20.1 Å². The van der Waals surface area contributed by atoms with E-state index in [1.807, 2.05) is 0 Å². The molecule has 0 aromatic rings. The standard InChI is InChI=1S/C15H30O4.C12H26O/c1-2-3-4-5-6-7-8-9-10-11-15(18)19-13-14(17)12-16;1-2-3-4-5-6-7-8-9-10-11-12-13/h14,16-17H,2-13H2,1H3;13H,2-12H2,1H3. The number of hydrogen-bond acceptors (Lipinski definition) is 5. The van der Waals surface area contributed by atoms with Crippen LogP contribution in [-0.2, 0) is 9.53 Å². The van der Waals surface area contributed by atoms with Crippen LogP contribution in [0.15, 0.2) is 0 Å². The molecule has 1 atom stereocenters. The summed E-state index contributed by atoms with van der Waals surface area (Å²) in [5.74, 6) is -0.282. The fraction of sp³-hybridized carbons (Fsp3) is 0.963. The Kier molecular flexibility index (Phi) is 31.8. The van der Waals surface area contributed by atoms with Crippen LogP contribution in [0.2, 0.25) is 0 Å². The lowest BCUT2D eigenvalue weighted by atomic mass is 10.1. The number of aliphatic hydroxyl groups is 3. The predicted molar refractivity (Wildman–Crippen MR) is 135 cm³/mol. The third-order valence-corrected chi connectivity index (χ3v) is 5.64. The molecule has 5 nitrogen and oxygen atoms in total. The average molecular weight is 461 g/mol. The van der Waals surface area contributed by atoms with Gasteiger partial charge in [-0.3, -0.25) is 4.79 Å². The van der Waals surface area contributed by atoms with E-state index >= 15 is 0 Å². The minimum atomic E-state index is -0.952. The molecular weight excluding hydrogens is 404 g/mol. The van der Waals surface area contributed by atoms with Gasteiger partial charge in [-0.2, -0.15) is 0 Å². The number of esters is 1. The highest BCUT2D eigenvalue weighted by Crippen LogP contribution is 2.11. The normalized spacial score (nSPS) is 11.7. The van der Waals surface area contributed by atoms with Crippen molar-refractivity contribution >= 4 is 5.97 Å². The number of ether oxygens (including phenoxy) is 1. The summed E-state index contributed by atoms with van der Waals surface area (Å²) in [6.07, 6.45) is 23.7. The molecule has 0 radical (unpaired) electrons. The lowest BCUT2D eigenvalue weighted by molar-refractivity contribution is -0.147. The van der Waals surface area contributed by atoms with Crippen LogP contribution in [0.25, 0.3) is 0 Å². The molecule has 0 saturated carbocycles. The van der Waals surface area contributed by atoms with Crippen molar-refractivity contribution in [2.45, 2.75) is 148 Å². The van der Waals surface area contributed by atoms with Crippen molar-refractivity contribution in [2.24, 2.45) is 0 Å². The number of aliphatic hydroxyl groups excluding tert-OH is 3. The van der Waals surface area contributed by atoms with E-state index in [1.165, 1.54) is 103 Å². The Balaban J connectivity index is 0. The molecule has 0 heterocycles. The van der Waals surface area contributed by atoms with Crippen LogP contribution >= 0.6 is 0 Å². The quantitative estimate of drug-likeness (QED) is 0.117. The van der Waals surface area contributed by atoms with Crippen LogP contribution in [0.4, 0.5) is 0 Å². The van der Waals surface area contributed by atoms with E-state index in [2.05, 4.69) is 13.8 Å². The fourth-order valence-corrected chi connectivity index (χ4v) is 3.49. The average Bonchev–Trinajstić information content (AvgIpc) is 2.81. The van der Waals surface area contributed by atoms with Gasteiger partial charge in [0.2, 0.25) is 0 Å². The Morgan fingerprint density at radius 2 is 1.00 bits per heavy atom. The summed E-state index contributed by atoms with van der Waals surface area (Å²) in [4.78, 5) is 11.3. The number of unbranched alkanes of at least 4 members (excludes halogenated alkanes) is 17. The third-order valence-electron chi connectivity index (χ3n) is 5.64. The first-order chi connectivity index (χ1) is 15.6. The maximum absolute atomic E-state index is 11.3. The molecule has 0 aliphatic rings. The maximum atomic E-state index is 11.3. The zero-order valence-corrected chi connectivity index (χ0v) is 21.5. The molecule has 194 valence electrons. The number of rotatable bonds is 23. The van der Waals surface area contributed by atoms with Crippen LogP contribution in [-0.4, -0.2) is 47.2 Å². The van der Waals surface area contributed by atoms with Crippen molar-refractivity contribution in [3.8, 4) is 0 Å². The van der Waals surface area contributed by atoms with Gasteiger partial charge in [0.05, 0.1) is 6.61 Å². The first-order valence-electron chi connectivity index (χ1n) is 13.7. The van der Waals surface area contributed by atoms with Gasteiger partial charge in [0, 0.05) is 13.0 Å². The van der Waals surface area contributed by atoms with Crippen LogP contribution in [0.3, 0.4) is 0 Å². The minimum absolute atomic E-state index is 0.104. The molecule has 0 aliphatic heterocycles. The zero-order valence-electron chi connectivity index (χ0n) is 21.5. The second-order valence-corrected chi connectivity index (χ2v) is 9.00. The second kappa shape index (κ2) is 30.4. The van der Waals surface area contributed by atoms with E-state index in [1.54, 1.807) is 0 Å². The van der Waals surface area contributed by atoms with Gasteiger partial charge in [0.1, 0.15) is 12.7 Å². The summed E-state index contributed by atoms with van der Waals surface area (Å²) in [6, 6.07) is 0. The molecule has 0 aliphatic carbocycles.